The molecule has 1 aliphatic rings. The molecule has 1 heterocycles. The molecule has 0 aromatic heterocycles. The number of ether oxygens (including phenoxy) is 2. The number of hydrogen-bond acceptors (Lipinski definition) is 5. The van der Waals surface area contributed by atoms with Crippen molar-refractivity contribution in [3.63, 3.8) is 0 Å². The molecule has 3 rings (SSSR count). The number of nitrogens with zero attached hydrogens (tertiary/aromatic N) is 1. The van der Waals surface area contributed by atoms with Gasteiger partial charge in [0.05, 0.1) is 11.5 Å². The van der Waals surface area contributed by atoms with Gasteiger partial charge in [-0.3, -0.25) is 9.69 Å². The highest BCUT2D eigenvalue weighted by Gasteiger charge is 2.28. The molecule has 1 amide bonds. The van der Waals surface area contributed by atoms with Gasteiger partial charge in [-0.1, -0.05) is 60.4 Å². The van der Waals surface area contributed by atoms with E-state index in [9.17, 15) is 4.79 Å². The van der Waals surface area contributed by atoms with Gasteiger partial charge >= 0.3 is 0 Å². The predicted octanol–water partition coefficient (Wildman–Crippen LogP) is 5.22. The molecular formula is C23H23NO3S2. The van der Waals surface area contributed by atoms with Crippen LogP contribution in [-0.2, 0) is 17.8 Å². The highest BCUT2D eigenvalue weighted by Crippen LogP contribution is 2.37. The van der Waals surface area contributed by atoms with Crippen molar-refractivity contribution < 1.29 is 14.3 Å². The zero-order chi connectivity index (χ0) is 20.8. The van der Waals surface area contributed by atoms with Crippen molar-refractivity contribution >= 4 is 40.3 Å². The molecule has 29 heavy (non-hydrogen) atoms. The van der Waals surface area contributed by atoms with Gasteiger partial charge in [-0.25, -0.2) is 0 Å². The molecule has 1 aliphatic heterocycles. The van der Waals surface area contributed by atoms with Crippen LogP contribution in [0.3, 0.4) is 0 Å². The summed E-state index contributed by atoms with van der Waals surface area (Å²) in [5.74, 6) is 1.27. The summed E-state index contributed by atoms with van der Waals surface area (Å²) < 4.78 is 12.6. The molecule has 0 N–H and O–H groups in total. The Labute approximate surface area is 181 Å². The van der Waals surface area contributed by atoms with E-state index in [0.717, 1.165) is 16.7 Å². The molecule has 150 valence electrons. The van der Waals surface area contributed by atoms with Gasteiger partial charge in [0.2, 0.25) is 0 Å². The summed E-state index contributed by atoms with van der Waals surface area (Å²) in [7, 11) is 1.69. The van der Waals surface area contributed by atoms with E-state index in [2.05, 4.69) is 6.58 Å². The average Bonchev–Trinajstić information content (AvgIpc) is 2.95. The van der Waals surface area contributed by atoms with Crippen molar-refractivity contribution in [2.24, 2.45) is 0 Å². The maximum absolute atomic E-state index is 12.3. The van der Waals surface area contributed by atoms with E-state index in [-0.39, 0.29) is 5.91 Å². The smallest absolute Gasteiger partial charge is 0.265 e. The lowest BCUT2D eigenvalue weighted by molar-refractivity contribution is -0.121. The number of hydrogen-bond donors (Lipinski definition) is 0. The summed E-state index contributed by atoms with van der Waals surface area (Å²) in [6.45, 7) is 6.75. The second kappa shape index (κ2) is 9.76. The third-order valence-corrected chi connectivity index (χ3v) is 5.81. The van der Waals surface area contributed by atoms with Gasteiger partial charge in [0.15, 0.2) is 11.5 Å². The van der Waals surface area contributed by atoms with E-state index in [4.69, 9.17) is 21.7 Å². The first kappa shape index (κ1) is 21.1. The Kier molecular flexibility index (Phi) is 7.12. The summed E-state index contributed by atoms with van der Waals surface area (Å²) in [4.78, 5) is 14.4. The van der Waals surface area contributed by atoms with E-state index in [1.54, 1.807) is 7.05 Å². The number of allylic oxidation sites excluding steroid dienone is 1. The monoisotopic (exact) mass is 425 g/mol. The Morgan fingerprint density at radius 1 is 1.21 bits per heavy atom. The largest absolute Gasteiger partial charge is 0.490 e. The molecule has 0 radical (unpaired) electrons. The predicted molar refractivity (Wildman–Crippen MR) is 123 cm³/mol. The maximum Gasteiger partial charge on any atom is 0.265 e. The second-order valence-electron chi connectivity index (χ2n) is 6.45. The third-order valence-electron chi connectivity index (χ3n) is 4.33. The Morgan fingerprint density at radius 2 is 1.97 bits per heavy atom. The summed E-state index contributed by atoms with van der Waals surface area (Å²) in [6, 6.07) is 13.9. The highest BCUT2D eigenvalue weighted by molar-refractivity contribution is 8.26. The molecule has 1 fully saturated rings. The van der Waals surface area contributed by atoms with Crippen LogP contribution in [0.5, 0.6) is 11.5 Å². The molecule has 0 saturated carbocycles. The topological polar surface area (TPSA) is 38.8 Å². The molecule has 2 aromatic carbocycles. The van der Waals surface area contributed by atoms with Gasteiger partial charge in [-0.05, 0) is 42.7 Å². The number of thioether (sulfide) groups is 1. The molecule has 0 aliphatic carbocycles. The minimum absolute atomic E-state index is 0.0902. The van der Waals surface area contributed by atoms with Gasteiger partial charge in [0.25, 0.3) is 5.91 Å². The Hall–Kier alpha value is -2.57. The van der Waals surface area contributed by atoms with E-state index >= 15 is 0 Å². The standard InChI is InChI=1S/C23H23NO3S2/c1-4-9-18-12-17(14-20-22(25)24(3)23(28)29-20)13-19(26-5-2)21(18)27-15-16-10-7-6-8-11-16/h4,6-8,10-14H,1,5,9,15H2,2-3H3/b20-14+. The van der Waals surface area contributed by atoms with Crippen LogP contribution in [0.15, 0.2) is 60.0 Å². The van der Waals surface area contributed by atoms with E-state index in [1.807, 2.05) is 61.5 Å². The number of benzene rings is 2. The zero-order valence-corrected chi connectivity index (χ0v) is 18.1. The van der Waals surface area contributed by atoms with Gasteiger partial charge < -0.3 is 9.47 Å². The van der Waals surface area contributed by atoms with E-state index in [1.165, 1.54) is 16.7 Å². The fraction of sp³-hybridized carbons (Fsp3) is 0.217. The van der Waals surface area contributed by atoms with Crippen molar-refractivity contribution in [1.82, 2.24) is 4.90 Å². The minimum Gasteiger partial charge on any atom is -0.490 e. The van der Waals surface area contributed by atoms with Crippen molar-refractivity contribution in [1.29, 1.82) is 0 Å². The third kappa shape index (κ3) is 5.08. The van der Waals surface area contributed by atoms with Crippen molar-refractivity contribution in [2.75, 3.05) is 13.7 Å². The van der Waals surface area contributed by atoms with Gasteiger partial charge in [-0.15, -0.1) is 6.58 Å². The Balaban J connectivity index is 1.96. The number of carbonyl (C=O) groups excluding carboxylic acids is 1. The summed E-state index contributed by atoms with van der Waals surface area (Å²) in [5.41, 5.74) is 2.90. The van der Waals surface area contributed by atoms with Crippen LogP contribution in [-0.4, -0.2) is 28.8 Å². The first-order chi connectivity index (χ1) is 14.0. The SMILES string of the molecule is C=CCc1cc(/C=C2/SC(=S)N(C)C2=O)cc(OCC)c1OCc1ccccc1. The first-order valence-electron chi connectivity index (χ1n) is 9.32. The Morgan fingerprint density at radius 3 is 2.59 bits per heavy atom. The summed E-state index contributed by atoms with van der Waals surface area (Å²) in [5, 5.41) is 0. The summed E-state index contributed by atoms with van der Waals surface area (Å²) >= 11 is 6.52. The Bertz CT molecular complexity index is 954. The fourth-order valence-corrected chi connectivity index (χ4v) is 4.11. The van der Waals surface area contributed by atoms with Crippen LogP contribution in [0.1, 0.15) is 23.6 Å². The zero-order valence-electron chi connectivity index (χ0n) is 16.5. The lowest BCUT2D eigenvalue weighted by Crippen LogP contribution is -2.22. The van der Waals surface area contributed by atoms with E-state index < -0.39 is 0 Å². The van der Waals surface area contributed by atoms with Crippen molar-refractivity contribution in [3.05, 3.63) is 76.7 Å². The molecule has 0 atom stereocenters. The van der Waals surface area contributed by atoms with Gasteiger partial charge in [0.1, 0.15) is 10.9 Å². The number of amides is 1. The number of rotatable bonds is 8. The molecule has 0 bridgehead atoms. The molecule has 0 spiro atoms. The molecule has 4 nitrogen and oxygen atoms in total. The number of carbonyl (C=O) groups is 1. The molecule has 2 aromatic rings. The van der Waals surface area contributed by atoms with Crippen molar-refractivity contribution in [2.45, 2.75) is 20.0 Å². The highest BCUT2D eigenvalue weighted by atomic mass is 32.2. The normalized spacial score (nSPS) is 15.1. The number of likely N-dealkylation sites (N-methyl/N-ethyl adjacent to an activating group) is 1. The van der Waals surface area contributed by atoms with E-state index in [0.29, 0.717) is 40.4 Å². The van der Waals surface area contributed by atoms with Crippen LogP contribution < -0.4 is 9.47 Å². The van der Waals surface area contributed by atoms with Crippen LogP contribution in [0.2, 0.25) is 0 Å². The molecular weight excluding hydrogens is 402 g/mol. The van der Waals surface area contributed by atoms with Gasteiger partial charge in [-0.2, -0.15) is 0 Å². The fourth-order valence-electron chi connectivity index (χ4n) is 2.93. The second-order valence-corrected chi connectivity index (χ2v) is 8.12. The average molecular weight is 426 g/mol. The maximum atomic E-state index is 12.3. The first-order valence-corrected chi connectivity index (χ1v) is 10.5. The quantitative estimate of drug-likeness (QED) is 0.329. The lowest BCUT2D eigenvalue weighted by Gasteiger charge is -2.17. The molecule has 6 heteroatoms. The van der Waals surface area contributed by atoms with Gasteiger partial charge in [0, 0.05) is 12.6 Å². The van der Waals surface area contributed by atoms with Crippen LogP contribution in [0, 0.1) is 0 Å². The van der Waals surface area contributed by atoms with Crippen molar-refractivity contribution in [3.8, 4) is 11.5 Å². The van der Waals surface area contributed by atoms with Crippen LogP contribution >= 0.6 is 24.0 Å². The number of thiocarbonyl (C=S) groups is 1. The lowest BCUT2D eigenvalue weighted by atomic mass is 10.0. The summed E-state index contributed by atoms with van der Waals surface area (Å²) in [6.07, 6.45) is 4.30. The van der Waals surface area contributed by atoms with Crippen LogP contribution in [0.4, 0.5) is 0 Å². The minimum atomic E-state index is -0.0902. The molecule has 1 saturated heterocycles. The molecule has 0 unspecified atom stereocenters. The van der Waals surface area contributed by atoms with Crippen LogP contribution in [0.25, 0.3) is 6.08 Å².